The van der Waals surface area contributed by atoms with Crippen molar-refractivity contribution in [2.24, 2.45) is 0 Å². The zero-order valence-corrected chi connectivity index (χ0v) is 21.8. The number of halogens is 3. The van der Waals surface area contributed by atoms with Gasteiger partial charge in [0.2, 0.25) is 0 Å². The van der Waals surface area contributed by atoms with Gasteiger partial charge in [0.15, 0.2) is 0 Å². The molecule has 1 fully saturated rings. The van der Waals surface area contributed by atoms with Crippen molar-refractivity contribution in [1.29, 1.82) is 0 Å². The van der Waals surface area contributed by atoms with Gasteiger partial charge in [-0.15, -0.1) is 24.8 Å². The van der Waals surface area contributed by atoms with E-state index in [1.54, 1.807) is 0 Å². The monoisotopic (exact) mass is 505 g/mol. The van der Waals surface area contributed by atoms with E-state index in [0.717, 1.165) is 30.0 Å². The molecule has 6 heteroatoms. The fourth-order valence-corrected chi connectivity index (χ4v) is 5.98. The van der Waals surface area contributed by atoms with E-state index in [1.807, 2.05) is 6.07 Å². The van der Waals surface area contributed by atoms with Crippen molar-refractivity contribution < 1.29 is 0 Å². The van der Waals surface area contributed by atoms with Crippen LogP contribution < -0.4 is 0 Å². The molecule has 2 aromatic carbocycles. The maximum Gasteiger partial charge on any atom is 0.0461 e. The number of hydrogen-bond acceptors (Lipinski definition) is 2. The van der Waals surface area contributed by atoms with Crippen LogP contribution in [0.3, 0.4) is 0 Å². The van der Waals surface area contributed by atoms with Crippen LogP contribution in [-0.2, 0) is 5.54 Å². The molecule has 0 spiro atoms. The summed E-state index contributed by atoms with van der Waals surface area (Å²) < 4.78 is 0. The first-order valence-corrected chi connectivity index (χ1v) is 11.9. The number of H-pyrrole nitrogens is 1. The maximum absolute atomic E-state index is 6.26. The highest BCUT2D eigenvalue weighted by Crippen LogP contribution is 2.43. The number of benzene rings is 2. The van der Waals surface area contributed by atoms with Crippen molar-refractivity contribution in [3.63, 3.8) is 0 Å². The Hall–Kier alpha value is -1.49. The lowest BCUT2D eigenvalue weighted by molar-refractivity contribution is 0.0525. The van der Waals surface area contributed by atoms with Gasteiger partial charge in [-0.25, -0.2) is 0 Å². The molecule has 178 valence electrons. The molecule has 5 rings (SSSR count). The molecule has 3 aromatic rings. The third kappa shape index (κ3) is 4.99. The SMILES string of the molecule is CN(C)C1(c2ccccc2)CCC(N2CC=C(c3c[nH]c4ccc(Cl)cc34)CC2)CC1.Cl.Cl. The van der Waals surface area contributed by atoms with Crippen molar-refractivity contribution in [2.75, 3.05) is 27.2 Å². The van der Waals surface area contributed by atoms with E-state index >= 15 is 0 Å². The van der Waals surface area contributed by atoms with Crippen molar-refractivity contribution in [2.45, 2.75) is 43.7 Å². The van der Waals surface area contributed by atoms with E-state index < -0.39 is 0 Å². The predicted molar refractivity (Wildman–Crippen MR) is 146 cm³/mol. The number of aromatic amines is 1. The van der Waals surface area contributed by atoms with Gasteiger partial charge in [-0.2, -0.15) is 0 Å². The quantitative estimate of drug-likeness (QED) is 0.406. The average Bonchev–Trinajstić information content (AvgIpc) is 3.23. The van der Waals surface area contributed by atoms with Crippen LogP contribution in [0.1, 0.15) is 43.2 Å². The molecular formula is C27H34Cl3N3. The van der Waals surface area contributed by atoms with E-state index in [-0.39, 0.29) is 30.4 Å². The summed E-state index contributed by atoms with van der Waals surface area (Å²) in [4.78, 5) is 8.56. The highest BCUT2D eigenvalue weighted by atomic mass is 35.5. The Kier molecular flexibility index (Phi) is 8.58. The van der Waals surface area contributed by atoms with Gasteiger partial charge in [0.25, 0.3) is 0 Å². The largest absolute Gasteiger partial charge is 0.361 e. The van der Waals surface area contributed by atoms with Crippen LogP contribution >= 0.6 is 36.4 Å². The first-order valence-electron chi connectivity index (χ1n) is 11.5. The van der Waals surface area contributed by atoms with Crippen LogP contribution in [0.15, 0.2) is 60.8 Å². The molecule has 3 nitrogen and oxygen atoms in total. The first-order chi connectivity index (χ1) is 15.1. The fraction of sp³-hybridized carbons (Fsp3) is 0.407. The molecule has 0 unspecified atom stereocenters. The lowest BCUT2D eigenvalue weighted by Crippen LogP contribution is -2.49. The second-order valence-corrected chi connectivity index (χ2v) is 9.83. The van der Waals surface area contributed by atoms with E-state index in [1.165, 1.54) is 47.8 Å². The highest BCUT2D eigenvalue weighted by molar-refractivity contribution is 6.31. The minimum absolute atomic E-state index is 0. The smallest absolute Gasteiger partial charge is 0.0461 e. The Labute approximate surface area is 215 Å². The molecule has 1 saturated carbocycles. The zero-order chi connectivity index (χ0) is 21.4. The molecule has 0 saturated heterocycles. The molecule has 1 N–H and O–H groups in total. The molecule has 0 atom stereocenters. The van der Waals surface area contributed by atoms with Crippen LogP contribution in [0.25, 0.3) is 16.5 Å². The van der Waals surface area contributed by atoms with Gasteiger partial charge in [-0.3, -0.25) is 9.80 Å². The van der Waals surface area contributed by atoms with E-state index in [4.69, 9.17) is 11.6 Å². The second kappa shape index (κ2) is 10.8. The summed E-state index contributed by atoms with van der Waals surface area (Å²) in [5.74, 6) is 0. The lowest BCUT2D eigenvalue weighted by Gasteiger charge is -2.48. The van der Waals surface area contributed by atoms with Crippen LogP contribution in [0, 0.1) is 0 Å². The van der Waals surface area contributed by atoms with E-state index in [0.29, 0.717) is 6.04 Å². The summed E-state index contributed by atoms with van der Waals surface area (Å²) in [7, 11) is 4.49. The standard InChI is InChI=1S/C27H32ClN3.2ClH/c1-30(2)27(21-6-4-3-5-7-21)14-10-23(11-15-27)31-16-12-20(13-17-31)25-19-29-26-9-8-22(28)18-24(25)26;;/h3-9,12,18-19,23,29H,10-11,13-17H2,1-2H3;2*1H. The Morgan fingerprint density at radius 1 is 1.03 bits per heavy atom. The third-order valence-electron chi connectivity index (χ3n) is 7.70. The third-order valence-corrected chi connectivity index (χ3v) is 7.93. The van der Waals surface area contributed by atoms with Crippen LogP contribution in [0.5, 0.6) is 0 Å². The summed E-state index contributed by atoms with van der Waals surface area (Å²) in [6, 6.07) is 17.9. The van der Waals surface area contributed by atoms with E-state index in [2.05, 4.69) is 83.6 Å². The van der Waals surface area contributed by atoms with Crippen LogP contribution in [-0.4, -0.2) is 48.0 Å². The first kappa shape index (κ1) is 26.1. The normalized spacial score (nSPS) is 23.6. The van der Waals surface area contributed by atoms with Gasteiger partial charge in [-0.05, 0) is 75.5 Å². The number of fused-ring (bicyclic) bond motifs is 1. The number of hydrogen-bond donors (Lipinski definition) is 1. The summed E-state index contributed by atoms with van der Waals surface area (Å²) in [6.45, 7) is 2.19. The molecule has 1 aromatic heterocycles. The van der Waals surface area contributed by atoms with Crippen molar-refractivity contribution in [3.05, 3.63) is 77.0 Å². The predicted octanol–water partition coefficient (Wildman–Crippen LogP) is 7.15. The lowest BCUT2D eigenvalue weighted by atomic mass is 9.73. The molecule has 1 aliphatic carbocycles. The molecule has 0 radical (unpaired) electrons. The van der Waals surface area contributed by atoms with Gasteiger partial charge in [0.1, 0.15) is 0 Å². The average molecular weight is 507 g/mol. The minimum Gasteiger partial charge on any atom is -0.361 e. The Morgan fingerprint density at radius 3 is 2.39 bits per heavy atom. The number of aromatic nitrogens is 1. The number of rotatable bonds is 4. The molecular weight excluding hydrogens is 473 g/mol. The molecule has 1 aliphatic heterocycles. The van der Waals surface area contributed by atoms with Crippen molar-refractivity contribution in [1.82, 2.24) is 14.8 Å². The topological polar surface area (TPSA) is 22.3 Å². The summed E-state index contributed by atoms with van der Waals surface area (Å²) in [5.41, 5.74) is 5.58. The maximum atomic E-state index is 6.26. The molecule has 0 amide bonds. The minimum atomic E-state index is 0. The van der Waals surface area contributed by atoms with Gasteiger partial charge >= 0.3 is 0 Å². The Morgan fingerprint density at radius 2 is 1.76 bits per heavy atom. The van der Waals surface area contributed by atoms with Gasteiger partial charge in [0, 0.05) is 52.4 Å². The van der Waals surface area contributed by atoms with Gasteiger partial charge < -0.3 is 4.98 Å². The van der Waals surface area contributed by atoms with Gasteiger partial charge in [0.05, 0.1) is 0 Å². The summed E-state index contributed by atoms with van der Waals surface area (Å²) in [5, 5.41) is 2.04. The fourth-order valence-electron chi connectivity index (χ4n) is 5.81. The van der Waals surface area contributed by atoms with Crippen molar-refractivity contribution in [3.8, 4) is 0 Å². The van der Waals surface area contributed by atoms with Gasteiger partial charge in [-0.1, -0.05) is 48.0 Å². The van der Waals surface area contributed by atoms with E-state index in [9.17, 15) is 0 Å². The highest BCUT2D eigenvalue weighted by Gasteiger charge is 2.40. The number of nitrogens with one attached hydrogen (secondary N) is 1. The summed E-state index contributed by atoms with van der Waals surface area (Å²) >= 11 is 6.26. The van der Waals surface area contributed by atoms with Crippen LogP contribution in [0.4, 0.5) is 0 Å². The summed E-state index contributed by atoms with van der Waals surface area (Å²) in [6.07, 6.45) is 10.7. The zero-order valence-electron chi connectivity index (χ0n) is 19.4. The second-order valence-electron chi connectivity index (χ2n) is 9.39. The number of nitrogens with zero attached hydrogens (tertiary/aromatic N) is 2. The molecule has 0 bridgehead atoms. The Bertz CT molecular complexity index is 1080. The molecule has 2 heterocycles. The molecule has 2 aliphatic rings. The Balaban J connectivity index is 0.00000153. The van der Waals surface area contributed by atoms with Crippen LogP contribution in [0.2, 0.25) is 5.02 Å². The molecule has 33 heavy (non-hydrogen) atoms. The van der Waals surface area contributed by atoms with Crippen molar-refractivity contribution >= 4 is 52.9 Å².